The van der Waals surface area contributed by atoms with E-state index in [1.165, 1.54) is 4.68 Å². The molecule has 1 amide bonds. The first kappa shape index (κ1) is 18.3. The summed E-state index contributed by atoms with van der Waals surface area (Å²) in [6, 6.07) is 14.2. The van der Waals surface area contributed by atoms with Crippen molar-refractivity contribution in [2.75, 3.05) is 5.32 Å². The first-order chi connectivity index (χ1) is 13.5. The Labute approximate surface area is 170 Å². The smallest absolute Gasteiger partial charge is 0.278 e. The van der Waals surface area contributed by atoms with E-state index in [-0.39, 0.29) is 18.3 Å². The van der Waals surface area contributed by atoms with Gasteiger partial charge in [0.05, 0.1) is 16.1 Å². The molecular formula is C19H15Cl2N5O2. The third-order valence-electron chi connectivity index (χ3n) is 4.13. The Bertz CT molecular complexity index is 1170. The topological polar surface area (TPSA) is 74.0 Å². The molecule has 4 rings (SSSR count). The predicted molar refractivity (Wildman–Crippen MR) is 108 cm³/mol. The van der Waals surface area contributed by atoms with Crippen molar-refractivity contribution in [1.82, 2.24) is 19.3 Å². The second-order valence-corrected chi connectivity index (χ2v) is 6.87. The molecular weight excluding hydrogens is 401 g/mol. The number of nitrogens with zero attached hydrogens (tertiary/aromatic N) is 4. The fourth-order valence-corrected chi connectivity index (χ4v) is 3.17. The molecule has 0 radical (unpaired) electrons. The minimum absolute atomic E-state index is 0.0981. The zero-order chi connectivity index (χ0) is 19.7. The van der Waals surface area contributed by atoms with Crippen LogP contribution in [0.4, 0.5) is 5.95 Å². The lowest BCUT2D eigenvalue weighted by Crippen LogP contribution is -2.16. The van der Waals surface area contributed by atoms with Crippen molar-refractivity contribution >= 4 is 46.1 Å². The van der Waals surface area contributed by atoms with Crippen LogP contribution in [0.15, 0.2) is 54.7 Å². The molecule has 2 aromatic carbocycles. The molecule has 0 aliphatic heterocycles. The Kier molecular flexibility index (Phi) is 4.93. The van der Waals surface area contributed by atoms with Gasteiger partial charge in [-0.3, -0.25) is 10.1 Å². The number of aromatic nitrogens is 4. The van der Waals surface area contributed by atoms with Crippen LogP contribution < -0.4 is 10.1 Å². The molecule has 142 valence electrons. The number of hydrogen-bond donors (Lipinski definition) is 1. The Hall–Kier alpha value is -3.03. The lowest BCUT2D eigenvalue weighted by atomic mass is 10.3. The van der Waals surface area contributed by atoms with E-state index in [9.17, 15) is 4.79 Å². The second-order valence-electron chi connectivity index (χ2n) is 6.03. The maximum absolute atomic E-state index is 12.5. The summed E-state index contributed by atoms with van der Waals surface area (Å²) in [6.45, 7) is 0.0981. The number of fused-ring (bicyclic) bond motifs is 1. The van der Waals surface area contributed by atoms with Gasteiger partial charge < -0.3 is 9.30 Å². The molecule has 0 fully saturated rings. The highest BCUT2D eigenvalue weighted by atomic mass is 35.5. The number of rotatable bonds is 5. The van der Waals surface area contributed by atoms with Crippen LogP contribution in [0, 0.1) is 0 Å². The number of carbonyl (C=O) groups is 1. The summed E-state index contributed by atoms with van der Waals surface area (Å²) < 4.78 is 8.92. The SMILES string of the molecule is Cn1c(NC(=O)c2ccn(COc3ccc(Cl)cc3Cl)n2)nc2ccccc21. The number of aryl methyl sites for hydroxylation is 1. The van der Waals surface area contributed by atoms with Crippen molar-refractivity contribution in [2.45, 2.75) is 6.73 Å². The van der Waals surface area contributed by atoms with Crippen LogP contribution in [0.3, 0.4) is 0 Å². The molecule has 9 heteroatoms. The number of para-hydroxylation sites is 2. The maximum atomic E-state index is 12.5. The summed E-state index contributed by atoms with van der Waals surface area (Å²) in [5.41, 5.74) is 1.98. The molecule has 0 aliphatic rings. The summed E-state index contributed by atoms with van der Waals surface area (Å²) in [4.78, 5) is 16.9. The monoisotopic (exact) mass is 415 g/mol. The van der Waals surface area contributed by atoms with Gasteiger partial charge in [-0.05, 0) is 36.4 Å². The maximum Gasteiger partial charge on any atom is 0.278 e. The molecule has 7 nitrogen and oxygen atoms in total. The van der Waals surface area contributed by atoms with Crippen LogP contribution in [0.2, 0.25) is 10.0 Å². The van der Waals surface area contributed by atoms with Gasteiger partial charge in [0.2, 0.25) is 5.95 Å². The van der Waals surface area contributed by atoms with E-state index in [0.29, 0.717) is 21.7 Å². The van der Waals surface area contributed by atoms with E-state index < -0.39 is 0 Å². The quantitative estimate of drug-likeness (QED) is 0.525. The van der Waals surface area contributed by atoms with E-state index in [1.54, 1.807) is 30.5 Å². The molecule has 0 saturated heterocycles. The van der Waals surface area contributed by atoms with Gasteiger partial charge >= 0.3 is 0 Å². The lowest BCUT2D eigenvalue weighted by Gasteiger charge is -2.08. The van der Waals surface area contributed by atoms with E-state index in [1.807, 2.05) is 35.9 Å². The fraction of sp³-hybridized carbons (Fsp3) is 0.105. The number of benzene rings is 2. The molecule has 0 saturated carbocycles. The molecule has 0 unspecified atom stereocenters. The average molecular weight is 416 g/mol. The molecule has 28 heavy (non-hydrogen) atoms. The van der Waals surface area contributed by atoms with Crippen LogP contribution in [0.1, 0.15) is 10.5 Å². The molecule has 0 aliphatic carbocycles. The van der Waals surface area contributed by atoms with Crippen molar-refractivity contribution in [3.63, 3.8) is 0 Å². The number of anilines is 1. The Balaban J connectivity index is 1.44. The van der Waals surface area contributed by atoms with Gasteiger partial charge in [-0.2, -0.15) is 5.10 Å². The van der Waals surface area contributed by atoms with Gasteiger partial charge in [-0.1, -0.05) is 35.3 Å². The van der Waals surface area contributed by atoms with E-state index in [4.69, 9.17) is 27.9 Å². The third kappa shape index (κ3) is 3.67. The highest BCUT2D eigenvalue weighted by Crippen LogP contribution is 2.27. The average Bonchev–Trinajstić information content (AvgIpc) is 3.27. The highest BCUT2D eigenvalue weighted by Gasteiger charge is 2.14. The van der Waals surface area contributed by atoms with Gasteiger partial charge in [0.25, 0.3) is 5.91 Å². The number of imidazole rings is 1. The molecule has 2 heterocycles. The summed E-state index contributed by atoms with van der Waals surface area (Å²) in [6.07, 6.45) is 1.65. The summed E-state index contributed by atoms with van der Waals surface area (Å²) in [5.74, 6) is 0.568. The minimum Gasteiger partial charge on any atom is -0.470 e. The zero-order valence-electron chi connectivity index (χ0n) is 14.8. The van der Waals surface area contributed by atoms with Gasteiger partial charge in [0.1, 0.15) is 5.75 Å². The summed E-state index contributed by atoms with van der Waals surface area (Å²) in [5, 5.41) is 7.93. The number of carbonyl (C=O) groups excluding carboxylic acids is 1. The van der Waals surface area contributed by atoms with Gasteiger partial charge in [-0.15, -0.1) is 0 Å². The van der Waals surface area contributed by atoms with Crippen LogP contribution in [0.5, 0.6) is 5.75 Å². The van der Waals surface area contributed by atoms with Crippen LogP contribution in [-0.2, 0) is 13.8 Å². The first-order valence-corrected chi connectivity index (χ1v) is 9.11. The summed E-state index contributed by atoms with van der Waals surface area (Å²) >= 11 is 11.9. The van der Waals surface area contributed by atoms with Crippen LogP contribution >= 0.6 is 23.2 Å². The molecule has 0 bridgehead atoms. The number of nitrogens with one attached hydrogen (secondary N) is 1. The Morgan fingerprint density at radius 3 is 2.79 bits per heavy atom. The minimum atomic E-state index is -0.360. The second kappa shape index (κ2) is 7.53. The van der Waals surface area contributed by atoms with E-state index in [2.05, 4.69) is 15.4 Å². The van der Waals surface area contributed by atoms with Crippen molar-refractivity contribution in [3.8, 4) is 5.75 Å². The zero-order valence-corrected chi connectivity index (χ0v) is 16.3. The van der Waals surface area contributed by atoms with Gasteiger partial charge in [0.15, 0.2) is 12.4 Å². The molecule has 0 atom stereocenters. The third-order valence-corrected chi connectivity index (χ3v) is 4.66. The van der Waals surface area contributed by atoms with E-state index >= 15 is 0 Å². The lowest BCUT2D eigenvalue weighted by molar-refractivity contribution is 0.101. The number of hydrogen-bond acceptors (Lipinski definition) is 4. The molecule has 0 spiro atoms. The highest BCUT2D eigenvalue weighted by molar-refractivity contribution is 6.35. The molecule has 2 aromatic heterocycles. The van der Waals surface area contributed by atoms with Crippen LogP contribution in [-0.4, -0.2) is 25.2 Å². The largest absolute Gasteiger partial charge is 0.470 e. The molecule has 1 N–H and O–H groups in total. The van der Waals surface area contributed by atoms with Crippen molar-refractivity contribution < 1.29 is 9.53 Å². The van der Waals surface area contributed by atoms with Crippen molar-refractivity contribution in [2.24, 2.45) is 7.05 Å². The van der Waals surface area contributed by atoms with Crippen LogP contribution in [0.25, 0.3) is 11.0 Å². The fourth-order valence-electron chi connectivity index (χ4n) is 2.71. The van der Waals surface area contributed by atoms with Crippen molar-refractivity contribution in [1.29, 1.82) is 0 Å². The first-order valence-electron chi connectivity index (χ1n) is 8.35. The number of halogens is 2. The molecule has 4 aromatic rings. The Morgan fingerprint density at radius 2 is 2.00 bits per heavy atom. The number of amides is 1. The van der Waals surface area contributed by atoms with Gasteiger partial charge in [-0.25, -0.2) is 9.67 Å². The predicted octanol–water partition coefficient (Wildman–Crippen LogP) is 4.37. The number of ether oxygens (including phenoxy) is 1. The Morgan fingerprint density at radius 1 is 1.18 bits per heavy atom. The van der Waals surface area contributed by atoms with Crippen molar-refractivity contribution in [3.05, 3.63) is 70.5 Å². The normalized spacial score (nSPS) is 11.0. The summed E-state index contributed by atoms with van der Waals surface area (Å²) in [7, 11) is 1.84. The van der Waals surface area contributed by atoms with Gasteiger partial charge in [0, 0.05) is 18.3 Å². The van der Waals surface area contributed by atoms with E-state index in [0.717, 1.165) is 11.0 Å². The standard InChI is InChI=1S/C19H15Cl2N5O2/c1-25-16-5-3-2-4-14(16)22-19(25)23-18(27)15-8-9-26(24-15)11-28-17-7-6-12(20)10-13(17)21/h2-10H,11H2,1H3,(H,22,23,27).